The molecule has 0 bridgehead atoms. The number of phenolic OH excluding ortho intramolecular Hbond substituents is 1. The lowest BCUT2D eigenvalue weighted by Crippen LogP contribution is -2.33. The van der Waals surface area contributed by atoms with E-state index in [1.165, 1.54) is 11.0 Å². The van der Waals surface area contributed by atoms with Gasteiger partial charge in [0.15, 0.2) is 0 Å². The zero-order chi connectivity index (χ0) is 13.1. The fourth-order valence-electron chi connectivity index (χ4n) is 1.45. The van der Waals surface area contributed by atoms with Gasteiger partial charge in [-0.15, -0.1) is 0 Å². The average Bonchev–Trinajstić information content (AvgIpc) is 2.20. The minimum absolute atomic E-state index is 0.00817. The van der Waals surface area contributed by atoms with Crippen LogP contribution in [0, 0.1) is 0 Å². The van der Waals surface area contributed by atoms with Crippen molar-refractivity contribution in [3.63, 3.8) is 0 Å². The normalized spacial score (nSPS) is 12.1. The van der Waals surface area contributed by atoms with Crippen LogP contribution < -0.4 is 0 Å². The monoisotopic (exact) mass is 311 g/mol. The Morgan fingerprint density at radius 1 is 1.35 bits per heavy atom. The Morgan fingerprint density at radius 3 is 2.53 bits per heavy atom. The van der Waals surface area contributed by atoms with E-state index >= 15 is 0 Å². The molecule has 2 nitrogen and oxygen atoms in total. The minimum Gasteiger partial charge on any atom is -0.508 e. The van der Waals surface area contributed by atoms with Crippen LogP contribution in [0.25, 0.3) is 0 Å². The molecule has 0 heterocycles. The molecule has 0 atom stereocenters. The second-order valence-corrected chi connectivity index (χ2v) is 4.61. The molecule has 0 fully saturated rings. The maximum atomic E-state index is 12.3. The molecule has 96 valence electrons. The number of alkyl halides is 3. The molecule has 1 aromatic rings. The Hall–Kier alpha value is -0.750. The lowest BCUT2D eigenvalue weighted by molar-refractivity contribution is -0.146. The summed E-state index contributed by atoms with van der Waals surface area (Å²) in [5.74, 6) is 0.00817. The molecule has 1 aromatic carbocycles. The van der Waals surface area contributed by atoms with Crippen LogP contribution in [0.1, 0.15) is 12.5 Å². The van der Waals surface area contributed by atoms with Crippen molar-refractivity contribution in [1.82, 2.24) is 4.90 Å². The predicted octanol–water partition coefficient (Wildman–Crippen LogP) is 3.54. The Balaban J connectivity index is 2.77. The highest BCUT2D eigenvalue weighted by molar-refractivity contribution is 9.10. The first-order valence-electron chi connectivity index (χ1n) is 5.08. The molecule has 0 saturated heterocycles. The smallest absolute Gasteiger partial charge is 0.401 e. The molecule has 0 aliphatic heterocycles. The quantitative estimate of drug-likeness (QED) is 0.919. The first kappa shape index (κ1) is 14.3. The van der Waals surface area contributed by atoms with Gasteiger partial charge in [0.25, 0.3) is 0 Å². The second kappa shape index (κ2) is 5.73. The first-order valence-corrected chi connectivity index (χ1v) is 5.87. The highest BCUT2D eigenvalue weighted by Gasteiger charge is 2.30. The largest absolute Gasteiger partial charge is 0.508 e. The van der Waals surface area contributed by atoms with Crippen LogP contribution in [-0.2, 0) is 6.54 Å². The van der Waals surface area contributed by atoms with Crippen LogP contribution >= 0.6 is 15.9 Å². The highest BCUT2D eigenvalue weighted by atomic mass is 79.9. The van der Waals surface area contributed by atoms with E-state index in [9.17, 15) is 18.3 Å². The van der Waals surface area contributed by atoms with Crippen LogP contribution in [0.4, 0.5) is 13.2 Å². The van der Waals surface area contributed by atoms with E-state index in [0.717, 1.165) is 4.47 Å². The van der Waals surface area contributed by atoms with Crippen molar-refractivity contribution in [3.8, 4) is 5.75 Å². The summed E-state index contributed by atoms with van der Waals surface area (Å²) < 4.78 is 37.5. The van der Waals surface area contributed by atoms with Gasteiger partial charge in [-0.05, 0) is 24.7 Å². The molecule has 1 N–H and O–H groups in total. The van der Waals surface area contributed by atoms with Gasteiger partial charge >= 0.3 is 6.18 Å². The molecular formula is C11H13BrF3NO. The fourth-order valence-corrected chi connectivity index (χ4v) is 1.86. The maximum Gasteiger partial charge on any atom is 0.401 e. The van der Waals surface area contributed by atoms with Gasteiger partial charge in [-0.25, -0.2) is 0 Å². The third-order valence-electron chi connectivity index (χ3n) is 2.29. The molecule has 0 radical (unpaired) electrons. The van der Waals surface area contributed by atoms with E-state index in [1.54, 1.807) is 19.1 Å². The summed E-state index contributed by atoms with van der Waals surface area (Å²) in [6.45, 7) is 1.02. The van der Waals surface area contributed by atoms with E-state index in [1.807, 2.05) is 0 Å². The van der Waals surface area contributed by atoms with E-state index < -0.39 is 12.7 Å². The zero-order valence-corrected chi connectivity index (χ0v) is 10.8. The summed E-state index contributed by atoms with van der Waals surface area (Å²) in [5.41, 5.74) is 0.477. The standard InChI is InChI=1S/C11H13BrF3NO/c1-2-16(7-11(13,14)15)6-8-5-9(12)3-4-10(8)17/h3-5,17H,2,6-7H2,1H3. The molecule has 0 aliphatic rings. The fraction of sp³-hybridized carbons (Fsp3) is 0.455. The molecule has 0 unspecified atom stereocenters. The summed E-state index contributed by atoms with van der Waals surface area (Å²) >= 11 is 3.22. The maximum absolute atomic E-state index is 12.3. The van der Waals surface area contributed by atoms with E-state index in [-0.39, 0.29) is 18.8 Å². The number of aromatic hydroxyl groups is 1. The lowest BCUT2D eigenvalue weighted by Gasteiger charge is -2.22. The third-order valence-corrected chi connectivity index (χ3v) is 2.78. The van der Waals surface area contributed by atoms with Crippen molar-refractivity contribution in [1.29, 1.82) is 0 Å². The number of rotatable bonds is 4. The third kappa shape index (κ3) is 4.95. The van der Waals surface area contributed by atoms with E-state index in [2.05, 4.69) is 15.9 Å². The minimum atomic E-state index is -4.22. The van der Waals surface area contributed by atoms with Crippen LogP contribution in [0.15, 0.2) is 22.7 Å². The Kier molecular flexibility index (Phi) is 4.82. The van der Waals surface area contributed by atoms with Crippen molar-refractivity contribution >= 4 is 15.9 Å². The van der Waals surface area contributed by atoms with Gasteiger partial charge < -0.3 is 5.11 Å². The number of hydrogen-bond acceptors (Lipinski definition) is 2. The van der Waals surface area contributed by atoms with Gasteiger partial charge in [0.2, 0.25) is 0 Å². The molecule has 0 amide bonds. The van der Waals surface area contributed by atoms with Gasteiger partial charge in [0, 0.05) is 16.6 Å². The summed E-state index contributed by atoms with van der Waals surface area (Å²) in [6.07, 6.45) is -4.22. The van der Waals surface area contributed by atoms with E-state index in [0.29, 0.717) is 5.56 Å². The average molecular weight is 312 g/mol. The molecule has 0 spiro atoms. The lowest BCUT2D eigenvalue weighted by atomic mass is 10.2. The number of hydrogen-bond donors (Lipinski definition) is 1. The van der Waals surface area contributed by atoms with Crippen molar-refractivity contribution in [2.24, 2.45) is 0 Å². The number of halogens is 4. The summed E-state index contributed by atoms with van der Waals surface area (Å²) in [5, 5.41) is 9.55. The van der Waals surface area contributed by atoms with Gasteiger partial charge in [-0.2, -0.15) is 13.2 Å². The molecule has 0 aliphatic carbocycles. The van der Waals surface area contributed by atoms with Gasteiger partial charge in [-0.3, -0.25) is 4.90 Å². The SMILES string of the molecule is CCN(Cc1cc(Br)ccc1O)CC(F)(F)F. The Bertz CT molecular complexity index is 381. The summed E-state index contributed by atoms with van der Waals surface area (Å²) in [6, 6.07) is 4.72. The van der Waals surface area contributed by atoms with Crippen LogP contribution in [-0.4, -0.2) is 29.3 Å². The second-order valence-electron chi connectivity index (χ2n) is 3.69. The van der Waals surface area contributed by atoms with Crippen LogP contribution in [0.3, 0.4) is 0 Å². The van der Waals surface area contributed by atoms with Crippen molar-refractivity contribution in [3.05, 3.63) is 28.2 Å². The van der Waals surface area contributed by atoms with Crippen molar-refractivity contribution in [2.45, 2.75) is 19.6 Å². The molecule has 6 heteroatoms. The summed E-state index contributed by atoms with van der Waals surface area (Å²) in [4.78, 5) is 1.22. The zero-order valence-electron chi connectivity index (χ0n) is 9.26. The van der Waals surface area contributed by atoms with Crippen LogP contribution in [0.5, 0.6) is 5.75 Å². The Labute approximate surface area is 106 Å². The number of nitrogens with zero attached hydrogens (tertiary/aromatic N) is 1. The van der Waals surface area contributed by atoms with E-state index in [4.69, 9.17) is 0 Å². The molecule has 0 aromatic heterocycles. The van der Waals surface area contributed by atoms with Gasteiger partial charge in [-0.1, -0.05) is 22.9 Å². The molecule has 0 saturated carbocycles. The van der Waals surface area contributed by atoms with Gasteiger partial charge in [0.05, 0.1) is 6.54 Å². The first-order chi connectivity index (χ1) is 7.81. The van der Waals surface area contributed by atoms with Gasteiger partial charge in [0.1, 0.15) is 5.75 Å². The Morgan fingerprint density at radius 2 is 2.00 bits per heavy atom. The topological polar surface area (TPSA) is 23.5 Å². The summed E-state index contributed by atoms with van der Waals surface area (Å²) in [7, 11) is 0. The molecule has 17 heavy (non-hydrogen) atoms. The highest BCUT2D eigenvalue weighted by Crippen LogP contribution is 2.24. The number of benzene rings is 1. The molecule has 1 rings (SSSR count). The van der Waals surface area contributed by atoms with Crippen molar-refractivity contribution < 1.29 is 18.3 Å². The van der Waals surface area contributed by atoms with Crippen LogP contribution in [0.2, 0.25) is 0 Å². The number of phenols is 1. The van der Waals surface area contributed by atoms with Crippen molar-refractivity contribution in [2.75, 3.05) is 13.1 Å². The predicted molar refractivity (Wildman–Crippen MR) is 62.8 cm³/mol. The molecular weight excluding hydrogens is 299 g/mol.